The second-order valence-corrected chi connectivity index (χ2v) is 3.89. The zero-order chi connectivity index (χ0) is 8.93. The van der Waals surface area contributed by atoms with Gasteiger partial charge in [-0.05, 0) is 19.3 Å². The van der Waals surface area contributed by atoms with Crippen LogP contribution in [0.4, 0.5) is 0 Å². The summed E-state index contributed by atoms with van der Waals surface area (Å²) in [5.41, 5.74) is 1.50. The number of rotatable bonds is 1. The molecule has 1 aromatic rings. The minimum atomic E-state index is 0.726. The Labute approximate surface area is 80.2 Å². The van der Waals surface area contributed by atoms with Crippen LogP contribution >= 0.6 is 0 Å². The van der Waals surface area contributed by atoms with E-state index < -0.39 is 0 Å². The maximum atomic E-state index is 2.50. The summed E-state index contributed by atoms with van der Waals surface area (Å²) in [6.07, 6.45) is 5.56. The average molecular weight is 176 g/mol. The van der Waals surface area contributed by atoms with Crippen molar-refractivity contribution in [2.75, 3.05) is 6.54 Å². The minimum absolute atomic E-state index is 0.726. The number of quaternary nitrogens is 1. The van der Waals surface area contributed by atoms with Crippen LogP contribution in [0.25, 0.3) is 0 Å². The molecule has 0 aromatic heterocycles. The molecule has 0 bridgehead atoms. The van der Waals surface area contributed by atoms with Crippen molar-refractivity contribution in [2.24, 2.45) is 0 Å². The van der Waals surface area contributed by atoms with Crippen LogP contribution in [0.3, 0.4) is 0 Å². The maximum absolute atomic E-state index is 2.50. The highest BCUT2D eigenvalue weighted by atomic mass is 14.9. The molecule has 2 N–H and O–H groups in total. The van der Waals surface area contributed by atoms with E-state index in [4.69, 9.17) is 0 Å². The standard InChI is InChI=1S/C12H17N/c1-3-7-11(8-4-1)12-9-5-2-6-10-13-12/h1,3-4,7-8,12-13H,2,5-6,9-10H2/p+1/t12-/m0/s1. The van der Waals surface area contributed by atoms with Gasteiger partial charge in [-0.25, -0.2) is 0 Å². The van der Waals surface area contributed by atoms with Crippen LogP contribution in [0.2, 0.25) is 0 Å². The fourth-order valence-corrected chi connectivity index (χ4v) is 2.13. The first kappa shape index (κ1) is 8.76. The van der Waals surface area contributed by atoms with Gasteiger partial charge in [0.1, 0.15) is 6.04 Å². The molecule has 0 spiro atoms. The Kier molecular flexibility index (Phi) is 2.98. The molecule has 0 amide bonds. The molecule has 1 heteroatoms. The van der Waals surface area contributed by atoms with Crippen molar-refractivity contribution in [3.05, 3.63) is 35.9 Å². The fraction of sp³-hybridized carbons (Fsp3) is 0.500. The first-order valence-electron chi connectivity index (χ1n) is 5.35. The van der Waals surface area contributed by atoms with E-state index in [0.29, 0.717) is 0 Å². The summed E-state index contributed by atoms with van der Waals surface area (Å²) in [5, 5.41) is 2.50. The second kappa shape index (κ2) is 4.43. The van der Waals surface area contributed by atoms with E-state index in [2.05, 4.69) is 35.6 Å². The lowest BCUT2D eigenvalue weighted by atomic mass is 10.0. The Morgan fingerprint density at radius 2 is 1.85 bits per heavy atom. The fourth-order valence-electron chi connectivity index (χ4n) is 2.13. The summed E-state index contributed by atoms with van der Waals surface area (Å²) < 4.78 is 0. The van der Waals surface area contributed by atoms with Crippen LogP contribution in [0.15, 0.2) is 30.3 Å². The molecule has 13 heavy (non-hydrogen) atoms. The molecule has 0 aliphatic carbocycles. The van der Waals surface area contributed by atoms with E-state index in [0.717, 1.165) is 6.04 Å². The summed E-state index contributed by atoms with van der Waals surface area (Å²) in [6.45, 7) is 1.31. The average Bonchev–Trinajstić information content (AvgIpc) is 2.47. The molecule has 1 saturated heterocycles. The van der Waals surface area contributed by atoms with Gasteiger partial charge in [0.05, 0.1) is 6.54 Å². The van der Waals surface area contributed by atoms with E-state index in [9.17, 15) is 0 Å². The minimum Gasteiger partial charge on any atom is -0.340 e. The van der Waals surface area contributed by atoms with Crippen molar-refractivity contribution in [3.63, 3.8) is 0 Å². The van der Waals surface area contributed by atoms with Gasteiger partial charge < -0.3 is 5.32 Å². The molecule has 1 heterocycles. The Hall–Kier alpha value is -0.820. The van der Waals surface area contributed by atoms with E-state index >= 15 is 0 Å². The zero-order valence-electron chi connectivity index (χ0n) is 8.08. The lowest BCUT2D eigenvalue weighted by Gasteiger charge is -2.12. The molecule has 1 aliphatic rings. The van der Waals surface area contributed by atoms with Gasteiger partial charge in [0, 0.05) is 12.0 Å². The van der Waals surface area contributed by atoms with Crippen LogP contribution < -0.4 is 5.32 Å². The Morgan fingerprint density at radius 1 is 1.00 bits per heavy atom. The van der Waals surface area contributed by atoms with Crippen LogP contribution in [0.5, 0.6) is 0 Å². The van der Waals surface area contributed by atoms with E-state index in [1.54, 1.807) is 0 Å². The summed E-state index contributed by atoms with van der Waals surface area (Å²) in [5.74, 6) is 0. The van der Waals surface area contributed by atoms with Crippen molar-refractivity contribution in [1.82, 2.24) is 0 Å². The molecule has 0 unspecified atom stereocenters. The normalized spacial score (nSPS) is 23.8. The third-order valence-corrected chi connectivity index (χ3v) is 2.90. The van der Waals surface area contributed by atoms with Gasteiger partial charge in [-0.1, -0.05) is 30.3 Å². The molecule has 1 aliphatic heterocycles. The van der Waals surface area contributed by atoms with E-state index in [1.807, 2.05) is 0 Å². The first-order valence-corrected chi connectivity index (χ1v) is 5.35. The summed E-state index contributed by atoms with van der Waals surface area (Å²) in [4.78, 5) is 0. The SMILES string of the molecule is c1ccc([C@@H]2CCCCC[NH2+]2)cc1. The predicted octanol–water partition coefficient (Wildman–Crippen LogP) is 1.87. The van der Waals surface area contributed by atoms with Crippen molar-refractivity contribution in [2.45, 2.75) is 31.7 Å². The molecule has 0 saturated carbocycles. The smallest absolute Gasteiger partial charge is 0.112 e. The van der Waals surface area contributed by atoms with Crippen molar-refractivity contribution >= 4 is 0 Å². The molecule has 70 valence electrons. The lowest BCUT2D eigenvalue weighted by molar-refractivity contribution is -0.694. The molecule has 1 aromatic carbocycles. The highest BCUT2D eigenvalue weighted by Gasteiger charge is 2.15. The lowest BCUT2D eigenvalue weighted by Crippen LogP contribution is -2.84. The van der Waals surface area contributed by atoms with Gasteiger partial charge >= 0.3 is 0 Å². The van der Waals surface area contributed by atoms with Crippen molar-refractivity contribution in [1.29, 1.82) is 0 Å². The molecule has 1 nitrogen and oxygen atoms in total. The number of benzene rings is 1. The van der Waals surface area contributed by atoms with Crippen LogP contribution in [-0.2, 0) is 0 Å². The monoisotopic (exact) mass is 176 g/mol. The van der Waals surface area contributed by atoms with Gasteiger partial charge in [0.15, 0.2) is 0 Å². The number of hydrogen-bond donors (Lipinski definition) is 1. The van der Waals surface area contributed by atoms with Crippen LogP contribution in [-0.4, -0.2) is 6.54 Å². The van der Waals surface area contributed by atoms with Crippen molar-refractivity contribution in [3.8, 4) is 0 Å². The number of hydrogen-bond acceptors (Lipinski definition) is 0. The largest absolute Gasteiger partial charge is 0.340 e. The topological polar surface area (TPSA) is 16.6 Å². The molecular formula is C12H18N+. The Bertz CT molecular complexity index is 235. The molecule has 1 atom stereocenters. The zero-order valence-corrected chi connectivity index (χ0v) is 8.08. The Morgan fingerprint density at radius 3 is 2.69 bits per heavy atom. The first-order chi connectivity index (χ1) is 6.47. The summed E-state index contributed by atoms with van der Waals surface area (Å²) in [7, 11) is 0. The second-order valence-electron chi connectivity index (χ2n) is 3.89. The van der Waals surface area contributed by atoms with Crippen LogP contribution in [0, 0.1) is 0 Å². The summed E-state index contributed by atoms with van der Waals surface area (Å²) in [6, 6.07) is 11.6. The Balaban J connectivity index is 2.06. The quantitative estimate of drug-likeness (QED) is 0.672. The van der Waals surface area contributed by atoms with Crippen LogP contribution in [0.1, 0.15) is 37.3 Å². The third-order valence-electron chi connectivity index (χ3n) is 2.90. The van der Waals surface area contributed by atoms with Gasteiger partial charge in [-0.3, -0.25) is 0 Å². The third kappa shape index (κ3) is 2.31. The predicted molar refractivity (Wildman–Crippen MR) is 54.4 cm³/mol. The molecule has 2 rings (SSSR count). The van der Waals surface area contributed by atoms with E-state index in [1.165, 1.54) is 37.8 Å². The molecular weight excluding hydrogens is 158 g/mol. The van der Waals surface area contributed by atoms with Gasteiger partial charge in [-0.15, -0.1) is 0 Å². The molecule has 0 radical (unpaired) electrons. The van der Waals surface area contributed by atoms with E-state index in [-0.39, 0.29) is 0 Å². The number of nitrogens with two attached hydrogens (primary N) is 1. The maximum Gasteiger partial charge on any atom is 0.112 e. The molecule has 1 fully saturated rings. The van der Waals surface area contributed by atoms with Gasteiger partial charge in [0.2, 0.25) is 0 Å². The van der Waals surface area contributed by atoms with Crippen molar-refractivity contribution < 1.29 is 5.32 Å². The summed E-state index contributed by atoms with van der Waals surface area (Å²) >= 11 is 0. The highest BCUT2D eigenvalue weighted by molar-refractivity contribution is 5.16. The van der Waals surface area contributed by atoms with Gasteiger partial charge in [-0.2, -0.15) is 0 Å². The van der Waals surface area contributed by atoms with Gasteiger partial charge in [0.25, 0.3) is 0 Å². The highest BCUT2D eigenvalue weighted by Crippen LogP contribution is 2.17.